The van der Waals surface area contributed by atoms with Gasteiger partial charge in [-0.1, -0.05) is 0 Å². The smallest absolute Gasteiger partial charge is 0.175 e. The molecule has 0 radical (unpaired) electrons. The molecule has 0 aliphatic rings. The summed E-state index contributed by atoms with van der Waals surface area (Å²) in [6.07, 6.45) is 6.15. The Morgan fingerprint density at radius 1 is 0.893 bits per heavy atom. The molecular weight excluding hydrogens is 377 g/mol. The van der Waals surface area contributed by atoms with Crippen molar-refractivity contribution in [3.8, 4) is 33.8 Å². The molecule has 0 spiro atoms. The molecule has 0 unspecified atom stereocenters. The van der Waals surface area contributed by atoms with Crippen molar-refractivity contribution >= 4 is 9.84 Å². The molecule has 28 heavy (non-hydrogen) atoms. The number of benzene rings is 2. The minimum Gasteiger partial charge on any atom is -0.338 e. The fourth-order valence-electron chi connectivity index (χ4n) is 2.97. The number of sulfone groups is 1. The first-order valence-corrected chi connectivity index (χ1v) is 10.4. The lowest BCUT2D eigenvalue weighted by Gasteiger charge is -2.10. The van der Waals surface area contributed by atoms with Gasteiger partial charge in [-0.15, -0.1) is 0 Å². The van der Waals surface area contributed by atoms with Gasteiger partial charge in [-0.05, 0) is 71.3 Å². The van der Waals surface area contributed by atoms with Gasteiger partial charge in [0.05, 0.1) is 16.8 Å². The monoisotopic (exact) mass is 393 g/mol. The highest BCUT2D eigenvalue weighted by molar-refractivity contribution is 7.90. The first-order valence-electron chi connectivity index (χ1n) is 8.47. The van der Waals surface area contributed by atoms with Crippen LogP contribution in [0.2, 0.25) is 0 Å². The third kappa shape index (κ3) is 3.57. The Hall–Kier alpha value is -3.32. The van der Waals surface area contributed by atoms with E-state index in [1.165, 1.54) is 18.4 Å². The second kappa shape index (κ2) is 7.01. The zero-order valence-electron chi connectivity index (χ0n) is 14.9. The maximum Gasteiger partial charge on any atom is 0.175 e. The Balaban J connectivity index is 1.85. The van der Waals surface area contributed by atoms with E-state index in [0.717, 1.165) is 27.9 Å². The van der Waals surface area contributed by atoms with E-state index in [2.05, 4.69) is 15.0 Å². The number of nitrogens with zero attached hydrogens (tertiary/aromatic N) is 2. The molecule has 140 valence electrons. The molecule has 0 saturated carbocycles. The fourth-order valence-corrected chi connectivity index (χ4v) is 3.61. The average Bonchev–Trinajstić information content (AvgIpc) is 3.18. The number of H-pyrrole nitrogens is 1. The molecular formula is C21H16FN3O2S. The minimum atomic E-state index is -3.36. The standard InChI is InChI=1S/C21H16FN3O2S/c1-28(26,27)17-6-7-18(19(12-17)14-8-10-23-11-9-14)21-24-13-20(25-21)15-2-4-16(22)5-3-15/h2-13H,1H3,(H,24,25). The fraction of sp³-hybridized carbons (Fsp3) is 0.0476. The number of halogens is 1. The molecule has 4 rings (SSSR count). The van der Waals surface area contributed by atoms with Crippen molar-refractivity contribution < 1.29 is 12.8 Å². The van der Waals surface area contributed by atoms with Crippen LogP contribution in [0.1, 0.15) is 0 Å². The first-order chi connectivity index (χ1) is 13.4. The normalized spacial score (nSPS) is 11.5. The van der Waals surface area contributed by atoms with Crippen molar-refractivity contribution in [1.82, 2.24) is 15.0 Å². The molecule has 2 heterocycles. The summed E-state index contributed by atoms with van der Waals surface area (Å²) in [6, 6.07) is 14.7. The average molecular weight is 393 g/mol. The molecule has 5 nitrogen and oxygen atoms in total. The summed E-state index contributed by atoms with van der Waals surface area (Å²) < 4.78 is 37.2. The second-order valence-corrected chi connectivity index (χ2v) is 8.38. The predicted octanol–water partition coefficient (Wildman–Crippen LogP) is 4.35. The lowest BCUT2D eigenvalue weighted by molar-refractivity contribution is 0.602. The van der Waals surface area contributed by atoms with E-state index >= 15 is 0 Å². The largest absolute Gasteiger partial charge is 0.338 e. The summed E-state index contributed by atoms with van der Waals surface area (Å²) >= 11 is 0. The van der Waals surface area contributed by atoms with Crippen molar-refractivity contribution in [3.05, 3.63) is 79.0 Å². The molecule has 0 amide bonds. The van der Waals surface area contributed by atoms with Gasteiger partial charge >= 0.3 is 0 Å². The van der Waals surface area contributed by atoms with E-state index in [4.69, 9.17) is 0 Å². The second-order valence-electron chi connectivity index (χ2n) is 6.37. The number of hydrogen-bond donors (Lipinski definition) is 1. The number of rotatable bonds is 4. The topological polar surface area (TPSA) is 75.7 Å². The van der Waals surface area contributed by atoms with Crippen LogP contribution in [0.3, 0.4) is 0 Å². The molecule has 0 fully saturated rings. The predicted molar refractivity (Wildman–Crippen MR) is 106 cm³/mol. The maximum absolute atomic E-state index is 13.2. The van der Waals surface area contributed by atoms with Crippen molar-refractivity contribution in [1.29, 1.82) is 0 Å². The molecule has 0 atom stereocenters. The van der Waals surface area contributed by atoms with Crippen molar-refractivity contribution in [3.63, 3.8) is 0 Å². The van der Waals surface area contributed by atoms with E-state index in [1.807, 2.05) is 12.1 Å². The highest BCUT2D eigenvalue weighted by Crippen LogP contribution is 2.33. The summed E-state index contributed by atoms with van der Waals surface area (Å²) in [6.45, 7) is 0. The highest BCUT2D eigenvalue weighted by atomic mass is 32.2. The van der Waals surface area contributed by atoms with Gasteiger partial charge < -0.3 is 4.98 Å². The SMILES string of the molecule is CS(=O)(=O)c1ccc(-c2ncc(-c3ccc(F)cc3)[nH]2)c(-c2ccncc2)c1. The number of nitrogens with one attached hydrogen (secondary N) is 1. The van der Waals surface area contributed by atoms with E-state index < -0.39 is 9.84 Å². The van der Waals surface area contributed by atoms with E-state index in [-0.39, 0.29) is 10.7 Å². The Labute approximate surface area is 161 Å². The van der Waals surface area contributed by atoms with Gasteiger partial charge in [0.2, 0.25) is 0 Å². The van der Waals surface area contributed by atoms with Crippen LogP contribution < -0.4 is 0 Å². The molecule has 0 aliphatic carbocycles. The Bertz CT molecular complexity index is 1230. The number of aromatic nitrogens is 3. The summed E-state index contributed by atoms with van der Waals surface area (Å²) in [5, 5.41) is 0. The molecule has 2 aromatic heterocycles. The van der Waals surface area contributed by atoms with Gasteiger partial charge in [-0.3, -0.25) is 4.98 Å². The van der Waals surface area contributed by atoms with Crippen LogP contribution in [0.4, 0.5) is 4.39 Å². The Morgan fingerprint density at radius 3 is 2.29 bits per heavy atom. The number of pyridine rings is 1. The molecule has 0 aliphatic heterocycles. The summed E-state index contributed by atoms with van der Waals surface area (Å²) in [7, 11) is -3.36. The summed E-state index contributed by atoms with van der Waals surface area (Å²) in [5.41, 5.74) is 3.86. The van der Waals surface area contributed by atoms with Gasteiger partial charge in [-0.25, -0.2) is 17.8 Å². The third-order valence-corrected chi connectivity index (χ3v) is 5.51. The Morgan fingerprint density at radius 2 is 1.61 bits per heavy atom. The van der Waals surface area contributed by atoms with Crippen molar-refractivity contribution in [2.75, 3.05) is 6.26 Å². The van der Waals surface area contributed by atoms with Gasteiger partial charge in [0, 0.05) is 24.2 Å². The summed E-state index contributed by atoms with van der Waals surface area (Å²) in [4.78, 5) is 11.9. The molecule has 0 saturated heterocycles. The van der Waals surface area contributed by atoms with Gasteiger partial charge in [0.15, 0.2) is 9.84 Å². The van der Waals surface area contributed by atoms with Crippen molar-refractivity contribution in [2.24, 2.45) is 0 Å². The van der Waals surface area contributed by atoms with Crippen LogP contribution in [0, 0.1) is 5.82 Å². The third-order valence-electron chi connectivity index (χ3n) is 4.40. The lowest BCUT2D eigenvalue weighted by Crippen LogP contribution is -1.98. The minimum absolute atomic E-state index is 0.230. The van der Waals surface area contributed by atoms with E-state index in [1.54, 1.807) is 48.9 Å². The van der Waals surface area contributed by atoms with Crippen LogP contribution >= 0.6 is 0 Å². The molecule has 2 aromatic carbocycles. The molecule has 0 bridgehead atoms. The van der Waals surface area contributed by atoms with Crippen LogP contribution in [-0.2, 0) is 9.84 Å². The molecule has 4 aromatic rings. The number of hydrogen-bond acceptors (Lipinski definition) is 4. The van der Waals surface area contributed by atoms with Gasteiger partial charge in [0.25, 0.3) is 0 Å². The first kappa shape index (κ1) is 18.1. The lowest BCUT2D eigenvalue weighted by atomic mass is 10.0. The van der Waals surface area contributed by atoms with Crippen molar-refractivity contribution in [2.45, 2.75) is 4.90 Å². The van der Waals surface area contributed by atoms with Gasteiger partial charge in [0.1, 0.15) is 11.6 Å². The summed E-state index contributed by atoms with van der Waals surface area (Å²) in [5.74, 6) is 0.283. The van der Waals surface area contributed by atoms with Crippen LogP contribution in [0.15, 0.2) is 78.1 Å². The zero-order valence-corrected chi connectivity index (χ0v) is 15.7. The number of imidazole rings is 1. The molecule has 7 heteroatoms. The zero-order chi connectivity index (χ0) is 19.7. The Kier molecular flexibility index (Phi) is 4.52. The van der Waals surface area contributed by atoms with E-state index in [0.29, 0.717) is 5.82 Å². The highest BCUT2D eigenvalue weighted by Gasteiger charge is 2.16. The van der Waals surface area contributed by atoms with Gasteiger partial charge in [-0.2, -0.15) is 0 Å². The molecule has 1 N–H and O–H groups in total. The maximum atomic E-state index is 13.2. The number of aromatic amines is 1. The van der Waals surface area contributed by atoms with E-state index in [9.17, 15) is 12.8 Å². The van der Waals surface area contributed by atoms with Crippen LogP contribution in [-0.4, -0.2) is 29.6 Å². The quantitative estimate of drug-likeness (QED) is 0.559. The van der Waals surface area contributed by atoms with Crippen LogP contribution in [0.5, 0.6) is 0 Å². The van der Waals surface area contributed by atoms with Crippen LogP contribution in [0.25, 0.3) is 33.8 Å².